The largest absolute Gasteiger partial charge is 0.494 e. The summed E-state index contributed by atoms with van der Waals surface area (Å²) in [5.41, 5.74) is 1.49. The summed E-state index contributed by atoms with van der Waals surface area (Å²) in [5.74, 6) is -0.478. The number of nitrogens with one attached hydrogen (secondary N) is 1. The fourth-order valence-corrected chi connectivity index (χ4v) is 4.52. The molecule has 1 aromatic heterocycles. The van der Waals surface area contributed by atoms with Gasteiger partial charge in [-0.25, -0.2) is 4.98 Å². The predicted molar refractivity (Wildman–Crippen MR) is 173 cm³/mol. The molecule has 3 aromatic rings. The zero-order valence-corrected chi connectivity index (χ0v) is 27.6. The third kappa shape index (κ3) is 10.2. The maximum absolute atomic E-state index is 13.4. The lowest BCUT2D eigenvalue weighted by Crippen LogP contribution is -2.45. The lowest BCUT2D eigenvalue weighted by molar-refractivity contribution is -0.138. The van der Waals surface area contributed by atoms with E-state index in [4.69, 9.17) is 37.7 Å². The minimum Gasteiger partial charge on any atom is -0.494 e. The number of hydrogen-bond acceptors (Lipinski definition) is 7. The van der Waals surface area contributed by atoms with Crippen LogP contribution in [0.3, 0.4) is 0 Å². The molecule has 1 atom stereocenters. The summed E-state index contributed by atoms with van der Waals surface area (Å²) in [4.78, 5) is 36.3. The molecule has 0 radical (unpaired) electrons. The van der Waals surface area contributed by atoms with E-state index < -0.39 is 23.3 Å². The Hall–Kier alpha value is -3.11. The van der Waals surface area contributed by atoms with Gasteiger partial charge in [-0.2, -0.15) is 0 Å². The minimum atomic E-state index is -1.01. The number of carbonyl (C=O) groups is 2. The van der Waals surface area contributed by atoms with Gasteiger partial charge in [0, 0.05) is 23.7 Å². The third-order valence-corrected chi connectivity index (χ3v) is 7.09. The maximum atomic E-state index is 13.4. The lowest BCUT2D eigenvalue weighted by atomic mass is 9.84. The molecule has 0 aliphatic carbocycles. The fourth-order valence-electron chi connectivity index (χ4n) is 4.14. The van der Waals surface area contributed by atoms with Gasteiger partial charge in [-0.15, -0.1) is 12.4 Å². The van der Waals surface area contributed by atoms with Crippen molar-refractivity contribution >= 4 is 47.5 Å². The Morgan fingerprint density at radius 3 is 2.37 bits per heavy atom. The van der Waals surface area contributed by atoms with Crippen molar-refractivity contribution in [2.24, 2.45) is 5.41 Å². The van der Waals surface area contributed by atoms with Gasteiger partial charge >= 0.3 is 5.97 Å². The Morgan fingerprint density at radius 1 is 1.05 bits per heavy atom. The van der Waals surface area contributed by atoms with E-state index in [9.17, 15) is 14.7 Å². The number of aliphatic carboxylic acids is 1. The molecule has 0 spiro atoms. The molecule has 0 fully saturated rings. The quantitative estimate of drug-likeness (QED) is 0.192. The Balaban J connectivity index is 0.00000645. The van der Waals surface area contributed by atoms with Gasteiger partial charge in [0.05, 0.1) is 47.3 Å². The van der Waals surface area contributed by atoms with Crippen molar-refractivity contribution in [1.82, 2.24) is 20.2 Å². The summed E-state index contributed by atoms with van der Waals surface area (Å²) in [6.45, 7) is 9.26. The molecule has 12 heteroatoms. The topological polar surface area (TPSA) is 114 Å². The number of rotatable bonds is 13. The summed E-state index contributed by atoms with van der Waals surface area (Å²) in [7, 11) is 3.99. The van der Waals surface area contributed by atoms with Gasteiger partial charge in [0.25, 0.3) is 5.91 Å². The zero-order chi connectivity index (χ0) is 31.0. The molecule has 9 nitrogen and oxygen atoms in total. The second-order valence-electron chi connectivity index (χ2n) is 11.2. The molecule has 234 valence electrons. The van der Waals surface area contributed by atoms with Crippen molar-refractivity contribution in [3.63, 3.8) is 0 Å². The van der Waals surface area contributed by atoms with Gasteiger partial charge in [0.15, 0.2) is 0 Å². The Morgan fingerprint density at radius 2 is 1.74 bits per heavy atom. The highest BCUT2D eigenvalue weighted by atomic mass is 35.5. The van der Waals surface area contributed by atoms with Crippen molar-refractivity contribution in [3.8, 4) is 34.0 Å². The van der Waals surface area contributed by atoms with E-state index in [1.807, 2.05) is 41.8 Å². The maximum Gasteiger partial charge on any atom is 0.305 e. The van der Waals surface area contributed by atoms with Crippen molar-refractivity contribution in [2.45, 2.75) is 46.6 Å². The van der Waals surface area contributed by atoms with Gasteiger partial charge in [0.2, 0.25) is 0 Å². The van der Waals surface area contributed by atoms with Gasteiger partial charge in [-0.3, -0.25) is 14.6 Å². The van der Waals surface area contributed by atoms with Crippen LogP contribution in [-0.4, -0.2) is 71.7 Å². The molecule has 2 aromatic carbocycles. The minimum absolute atomic E-state index is 0. The van der Waals surface area contributed by atoms with Crippen LogP contribution in [0.5, 0.6) is 11.5 Å². The van der Waals surface area contributed by atoms with Crippen molar-refractivity contribution in [2.75, 3.05) is 33.9 Å². The standard InChI is InChI=1S/C31H38Cl2N4O5.ClH/c1-7-41-20-10-12-22(32)21(16-20)29-28(19-9-11-23(33)25(15-19)42-14-8-13-37(5)6)35-24(18-34-29)30(40)36-26(17-27(38)39)31(2,3)4;/h9-12,15-16,18,26H,7-8,13-14,17H2,1-6H3,(H,36,40)(H,38,39);1H/t26-;/m0./s1. The summed E-state index contributed by atoms with van der Waals surface area (Å²) in [6, 6.07) is 9.86. The SMILES string of the molecule is CCOc1ccc(Cl)c(-c2ncc(C(=O)N[C@@H](CC(=O)O)C(C)(C)C)nc2-c2ccc(Cl)c(OCCCN(C)C)c2)c1.Cl. The van der Waals surface area contributed by atoms with E-state index in [0.717, 1.165) is 13.0 Å². The van der Waals surface area contributed by atoms with Gasteiger partial charge < -0.3 is 24.8 Å². The van der Waals surface area contributed by atoms with E-state index in [1.54, 1.807) is 36.4 Å². The van der Waals surface area contributed by atoms with E-state index in [-0.39, 0.29) is 24.5 Å². The molecule has 3 rings (SSSR count). The van der Waals surface area contributed by atoms with Crippen molar-refractivity contribution in [1.29, 1.82) is 0 Å². The highest BCUT2D eigenvalue weighted by Crippen LogP contribution is 2.38. The van der Waals surface area contributed by atoms with Crippen LogP contribution in [0.2, 0.25) is 10.0 Å². The number of amides is 1. The highest BCUT2D eigenvalue weighted by molar-refractivity contribution is 6.33. The van der Waals surface area contributed by atoms with Crippen LogP contribution in [0.1, 0.15) is 51.0 Å². The van der Waals surface area contributed by atoms with Gasteiger partial charge in [-0.1, -0.05) is 50.0 Å². The summed E-state index contributed by atoms with van der Waals surface area (Å²) in [5, 5.41) is 13.1. The molecule has 0 aliphatic heterocycles. The average molecular weight is 654 g/mol. The van der Waals surface area contributed by atoms with Crippen LogP contribution >= 0.6 is 35.6 Å². The van der Waals surface area contributed by atoms with E-state index >= 15 is 0 Å². The van der Waals surface area contributed by atoms with Crippen molar-refractivity contribution < 1.29 is 24.2 Å². The molecular weight excluding hydrogens is 615 g/mol. The third-order valence-electron chi connectivity index (χ3n) is 6.45. The molecule has 43 heavy (non-hydrogen) atoms. The van der Waals surface area contributed by atoms with Crippen molar-refractivity contribution in [3.05, 3.63) is 58.3 Å². The van der Waals surface area contributed by atoms with Gasteiger partial charge in [0.1, 0.15) is 17.2 Å². The smallest absolute Gasteiger partial charge is 0.305 e. The number of carbonyl (C=O) groups excluding carboxylic acids is 1. The van der Waals surface area contributed by atoms with Crippen LogP contribution in [0.25, 0.3) is 22.5 Å². The van der Waals surface area contributed by atoms with E-state index in [2.05, 4.69) is 15.2 Å². The first-order chi connectivity index (χ1) is 19.8. The molecule has 1 heterocycles. The van der Waals surface area contributed by atoms with Crippen LogP contribution in [-0.2, 0) is 4.79 Å². The molecule has 2 N–H and O–H groups in total. The number of carboxylic acids is 1. The number of hydrogen-bond donors (Lipinski definition) is 2. The summed E-state index contributed by atoms with van der Waals surface area (Å²) < 4.78 is 11.7. The number of halogens is 3. The Bertz CT molecular complexity index is 1410. The molecule has 0 aliphatic rings. The average Bonchev–Trinajstić information content (AvgIpc) is 2.91. The first kappa shape index (κ1) is 36.1. The number of ether oxygens (including phenoxy) is 2. The monoisotopic (exact) mass is 652 g/mol. The number of benzene rings is 2. The predicted octanol–water partition coefficient (Wildman–Crippen LogP) is 6.89. The lowest BCUT2D eigenvalue weighted by Gasteiger charge is -2.30. The number of aromatic nitrogens is 2. The molecule has 1 amide bonds. The number of nitrogens with zero attached hydrogens (tertiary/aromatic N) is 3. The second-order valence-corrected chi connectivity index (χ2v) is 12.0. The first-order valence-electron chi connectivity index (χ1n) is 13.7. The molecule has 0 unspecified atom stereocenters. The van der Waals surface area contributed by atoms with Crippen LogP contribution in [0.15, 0.2) is 42.6 Å². The highest BCUT2D eigenvalue weighted by Gasteiger charge is 2.30. The molecule has 0 bridgehead atoms. The Labute approximate surface area is 269 Å². The van der Waals surface area contributed by atoms with Crippen LogP contribution in [0, 0.1) is 5.41 Å². The molecule has 0 saturated heterocycles. The van der Waals surface area contributed by atoms with E-state index in [0.29, 0.717) is 57.3 Å². The second kappa shape index (κ2) is 16.1. The Kier molecular flexibility index (Phi) is 13.5. The normalized spacial score (nSPS) is 11.9. The van der Waals surface area contributed by atoms with Crippen LogP contribution < -0.4 is 14.8 Å². The number of carboxylic acid groups (broad SMARTS) is 1. The van der Waals surface area contributed by atoms with E-state index in [1.165, 1.54) is 6.20 Å². The van der Waals surface area contributed by atoms with Crippen LogP contribution in [0.4, 0.5) is 0 Å². The first-order valence-corrected chi connectivity index (χ1v) is 14.5. The molecular formula is C31H39Cl3N4O5. The molecule has 0 saturated carbocycles. The summed E-state index contributed by atoms with van der Waals surface area (Å²) >= 11 is 13.1. The summed E-state index contributed by atoms with van der Waals surface area (Å²) in [6.07, 6.45) is 1.92. The zero-order valence-electron chi connectivity index (χ0n) is 25.2. The fraction of sp³-hybridized carbons (Fsp3) is 0.419. The van der Waals surface area contributed by atoms with Gasteiger partial charge in [-0.05, 0) is 63.2 Å².